The summed E-state index contributed by atoms with van der Waals surface area (Å²) in [7, 11) is 0. The van der Waals surface area contributed by atoms with Crippen LogP contribution < -0.4 is 5.73 Å². The highest BCUT2D eigenvalue weighted by atomic mass is 79.9. The quantitative estimate of drug-likeness (QED) is 0.465. The molecule has 0 aromatic heterocycles. The number of rotatable bonds is 10. The lowest BCUT2D eigenvalue weighted by atomic mass is 10.0. The van der Waals surface area contributed by atoms with Crippen LogP contribution in [0, 0.1) is 0 Å². The molecule has 0 fully saturated rings. The van der Waals surface area contributed by atoms with Crippen LogP contribution in [-0.4, -0.2) is 0 Å². The Morgan fingerprint density at radius 3 is 2.20 bits per heavy atom. The number of hydrogen-bond acceptors (Lipinski definition) is 1. The van der Waals surface area contributed by atoms with Gasteiger partial charge in [-0.25, -0.2) is 0 Å². The van der Waals surface area contributed by atoms with Gasteiger partial charge < -0.3 is 5.73 Å². The summed E-state index contributed by atoms with van der Waals surface area (Å²) >= 11 is 9.52. The van der Waals surface area contributed by atoms with E-state index in [-0.39, 0.29) is 6.04 Å². The molecule has 0 aliphatic heterocycles. The van der Waals surface area contributed by atoms with Crippen molar-refractivity contribution in [1.82, 2.24) is 0 Å². The minimum Gasteiger partial charge on any atom is -0.324 e. The van der Waals surface area contributed by atoms with Crippen LogP contribution in [0.3, 0.4) is 0 Å². The average Bonchev–Trinajstić information content (AvgIpc) is 2.40. The van der Waals surface area contributed by atoms with Crippen LogP contribution in [0.1, 0.15) is 76.3 Å². The van der Waals surface area contributed by atoms with Gasteiger partial charge in [-0.1, -0.05) is 85.8 Å². The third kappa shape index (κ3) is 7.66. The maximum absolute atomic E-state index is 6.23. The molecule has 1 unspecified atom stereocenters. The molecule has 0 saturated carbocycles. The molecule has 114 valence electrons. The summed E-state index contributed by atoms with van der Waals surface area (Å²) in [4.78, 5) is 0. The molecule has 1 aromatic rings. The fourth-order valence-corrected chi connectivity index (χ4v) is 3.34. The second-order valence-electron chi connectivity index (χ2n) is 5.57. The van der Waals surface area contributed by atoms with E-state index in [1.165, 1.54) is 51.4 Å². The van der Waals surface area contributed by atoms with Gasteiger partial charge in [-0.15, -0.1) is 0 Å². The zero-order chi connectivity index (χ0) is 14.8. The molecule has 1 nitrogen and oxygen atoms in total. The molecule has 3 heteroatoms. The first-order chi connectivity index (χ1) is 9.63. The fraction of sp³-hybridized carbons (Fsp3) is 0.647. The zero-order valence-corrected chi connectivity index (χ0v) is 14.8. The van der Waals surface area contributed by atoms with Crippen molar-refractivity contribution in [2.24, 2.45) is 5.73 Å². The number of benzene rings is 1. The van der Waals surface area contributed by atoms with E-state index in [1.807, 2.05) is 12.1 Å². The number of halogens is 2. The minimum atomic E-state index is 0.102. The SMILES string of the molecule is CCCCCCCCCCC(N)c1cc(Cl)cc(Br)c1. The molecule has 0 bridgehead atoms. The summed E-state index contributed by atoms with van der Waals surface area (Å²) < 4.78 is 1.01. The zero-order valence-electron chi connectivity index (χ0n) is 12.5. The standard InChI is InChI=1S/C17H27BrClN/c1-2-3-4-5-6-7-8-9-10-17(20)14-11-15(18)13-16(19)12-14/h11-13,17H,2-10,20H2,1H3. The molecule has 1 rings (SSSR count). The summed E-state index contributed by atoms with van der Waals surface area (Å²) in [6.45, 7) is 2.26. The highest BCUT2D eigenvalue weighted by molar-refractivity contribution is 9.10. The Labute approximate surface area is 137 Å². The Hall–Kier alpha value is -0.0500. The van der Waals surface area contributed by atoms with Gasteiger partial charge in [0.2, 0.25) is 0 Å². The average molecular weight is 361 g/mol. The van der Waals surface area contributed by atoms with Crippen molar-refractivity contribution in [3.8, 4) is 0 Å². The molecule has 2 N–H and O–H groups in total. The summed E-state index contributed by atoms with van der Waals surface area (Å²) in [5.41, 5.74) is 7.37. The predicted molar refractivity (Wildman–Crippen MR) is 93.3 cm³/mol. The fourth-order valence-electron chi connectivity index (χ4n) is 2.45. The molecular weight excluding hydrogens is 334 g/mol. The second-order valence-corrected chi connectivity index (χ2v) is 6.92. The molecule has 1 atom stereocenters. The van der Waals surface area contributed by atoms with E-state index in [2.05, 4.69) is 28.9 Å². The Kier molecular flexibility index (Phi) is 9.58. The van der Waals surface area contributed by atoms with Crippen LogP contribution in [0.5, 0.6) is 0 Å². The van der Waals surface area contributed by atoms with Gasteiger partial charge in [0, 0.05) is 15.5 Å². The Morgan fingerprint density at radius 2 is 1.60 bits per heavy atom. The maximum atomic E-state index is 6.23. The lowest BCUT2D eigenvalue weighted by molar-refractivity contribution is 0.536. The van der Waals surface area contributed by atoms with Gasteiger partial charge >= 0.3 is 0 Å². The normalized spacial score (nSPS) is 12.6. The Balaban J connectivity index is 2.15. The van der Waals surface area contributed by atoms with Gasteiger partial charge in [-0.2, -0.15) is 0 Å². The monoisotopic (exact) mass is 359 g/mol. The molecule has 1 aromatic carbocycles. The highest BCUT2D eigenvalue weighted by Gasteiger charge is 2.07. The topological polar surface area (TPSA) is 26.0 Å². The molecule has 0 heterocycles. The summed E-state index contributed by atoms with van der Waals surface area (Å²) in [6, 6.07) is 6.04. The molecule has 0 aliphatic carbocycles. The van der Waals surface area contributed by atoms with Gasteiger partial charge in [-0.05, 0) is 30.2 Å². The summed E-state index contributed by atoms with van der Waals surface area (Å²) in [5.74, 6) is 0. The third-order valence-electron chi connectivity index (χ3n) is 3.68. The van der Waals surface area contributed by atoms with E-state index in [9.17, 15) is 0 Å². The van der Waals surface area contributed by atoms with Crippen LogP contribution in [0.4, 0.5) is 0 Å². The molecule has 0 spiro atoms. The molecule has 0 amide bonds. The Morgan fingerprint density at radius 1 is 1.00 bits per heavy atom. The molecule has 20 heavy (non-hydrogen) atoms. The van der Waals surface area contributed by atoms with Crippen molar-refractivity contribution >= 4 is 27.5 Å². The van der Waals surface area contributed by atoms with E-state index in [4.69, 9.17) is 17.3 Å². The number of hydrogen-bond donors (Lipinski definition) is 1. The number of nitrogens with two attached hydrogens (primary N) is 1. The van der Waals surface area contributed by atoms with Crippen molar-refractivity contribution in [2.45, 2.75) is 70.8 Å². The van der Waals surface area contributed by atoms with Gasteiger partial charge in [0.15, 0.2) is 0 Å². The molecular formula is C17H27BrClN. The van der Waals surface area contributed by atoms with Gasteiger partial charge in [0.05, 0.1) is 0 Å². The second kappa shape index (κ2) is 10.6. The number of unbranched alkanes of at least 4 members (excludes halogenated alkanes) is 7. The van der Waals surface area contributed by atoms with E-state index in [1.54, 1.807) is 0 Å². The van der Waals surface area contributed by atoms with Crippen molar-refractivity contribution in [3.05, 3.63) is 33.3 Å². The smallest absolute Gasteiger partial charge is 0.0420 e. The van der Waals surface area contributed by atoms with Crippen molar-refractivity contribution < 1.29 is 0 Å². The summed E-state index contributed by atoms with van der Waals surface area (Å²) in [6.07, 6.45) is 11.8. The summed E-state index contributed by atoms with van der Waals surface area (Å²) in [5, 5.41) is 0.751. The first-order valence-electron chi connectivity index (χ1n) is 7.85. The van der Waals surface area contributed by atoms with Crippen LogP contribution in [-0.2, 0) is 0 Å². The van der Waals surface area contributed by atoms with Gasteiger partial charge in [0.1, 0.15) is 0 Å². The third-order valence-corrected chi connectivity index (χ3v) is 4.36. The lowest BCUT2D eigenvalue weighted by Gasteiger charge is -2.13. The molecule has 0 radical (unpaired) electrons. The minimum absolute atomic E-state index is 0.102. The highest BCUT2D eigenvalue weighted by Crippen LogP contribution is 2.25. The van der Waals surface area contributed by atoms with E-state index >= 15 is 0 Å². The largest absolute Gasteiger partial charge is 0.324 e. The molecule has 0 aliphatic rings. The first kappa shape index (κ1) is 18.0. The van der Waals surface area contributed by atoms with Crippen LogP contribution in [0.2, 0.25) is 5.02 Å². The van der Waals surface area contributed by atoms with Crippen molar-refractivity contribution in [3.63, 3.8) is 0 Å². The van der Waals surface area contributed by atoms with Crippen LogP contribution in [0.25, 0.3) is 0 Å². The van der Waals surface area contributed by atoms with Crippen LogP contribution in [0.15, 0.2) is 22.7 Å². The van der Waals surface area contributed by atoms with Crippen molar-refractivity contribution in [1.29, 1.82) is 0 Å². The van der Waals surface area contributed by atoms with E-state index < -0.39 is 0 Å². The first-order valence-corrected chi connectivity index (χ1v) is 9.02. The van der Waals surface area contributed by atoms with E-state index in [0.717, 1.165) is 21.5 Å². The van der Waals surface area contributed by atoms with Crippen molar-refractivity contribution in [2.75, 3.05) is 0 Å². The lowest BCUT2D eigenvalue weighted by Crippen LogP contribution is -2.10. The van der Waals surface area contributed by atoms with Gasteiger partial charge in [0.25, 0.3) is 0 Å². The van der Waals surface area contributed by atoms with Crippen LogP contribution >= 0.6 is 27.5 Å². The van der Waals surface area contributed by atoms with Gasteiger partial charge in [-0.3, -0.25) is 0 Å². The van der Waals surface area contributed by atoms with E-state index in [0.29, 0.717) is 0 Å². The predicted octanol–water partition coefficient (Wildman–Crippen LogP) is 6.63. The molecule has 0 saturated heterocycles. The Bertz CT molecular complexity index is 361. The maximum Gasteiger partial charge on any atom is 0.0420 e.